The van der Waals surface area contributed by atoms with E-state index in [-0.39, 0.29) is 28.5 Å². The summed E-state index contributed by atoms with van der Waals surface area (Å²) in [6.45, 7) is 4.66. The number of hydrogen-bond donors (Lipinski definition) is 1. The third kappa shape index (κ3) is 5.91. The summed E-state index contributed by atoms with van der Waals surface area (Å²) < 4.78 is 49.5. The van der Waals surface area contributed by atoms with Crippen LogP contribution in [0.1, 0.15) is 25.3 Å². The fraction of sp³-hybridized carbons (Fsp3) is 0.320. The van der Waals surface area contributed by atoms with Crippen LogP contribution in [0, 0.1) is 12.7 Å². The number of piperidine rings is 1. The summed E-state index contributed by atoms with van der Waals surface area (Å²) >= 11 is 0. The minimum Gasteiger partial charge on any atom is -0.474 e. The molecule has 0 spiro atoms. The van der Waals surface area contributed by atoms with E-state index in [0.29, 0.717) is 11.4 Å². The van der Waals surface area contributed by atoms with Crippen LogP contribution >= 0.6 is 0 Å². The third-order valence-electron chi connectivity index (χ3n) is 5.81. The highest BCUT2D eigenvalue weighted by atomic mass is 32.2. The second kappa shape index (κ2) is 10.5. The van der Waals surface area contributed by atoms with Gasteiger partial charge in [0.05, 0.1) is 21.8 Å². The lowest BCUT2D eigenvalue weighted by Gasteiger charge is -2.34. The first-order valence-electron chi connectivity index (χ1n) is 11.4. The average molecular weight is 515 g/mol. The number of carbonyl (C=O) groups excluding carboxylic acids is 1. The maximum absolute atomic E-state index is 14.5. The second-order valence-corrected chi connectivity index (χ2v) is 10.6. The van der Waals surface area contributed by atoms with Gasteiger partial charge in [0.15, 0.2) is 21.4 Å². The third-order valence-corrected chi connectivity index (χ3v) is 6.92. The number of aromatic nitrogens is 2. The molecule has 4 rings (SSSR count). The Morgan fingerprint density at radius 3 is 2.47 bits per heavy atom. The monoisotopic (exact) mass is 514 g/mol. The number of hydrogen-bond acceptors (Lipinski definition) is 8. The van der Waals surface area contributed by atoms with E-state index in [1.165, 1.54) is 25.4 Å². The second-order valence-electron chi connectivity index (χ2n) is 8.58. The fourth-order valence-electron chi connectivity index (χ4n) is 3.96. The van der Waals surface area contributed by atoms with E-state index < -0.39 is 15.7 Å². The maximum Gasteiger partial charge on any atom is 0.229 e. The van der Waals surface area contributed by atoms with Gasteiger partial charge in [-0.2, -0.15) is 0 Å². The molecule has 190 valence electrons. The van der Waals surface area contributed by atoms with Gasteiger partial charge in [0.2, 0.25) is 17.7 Å². The number of nitrogens with one attached hydrogen (secondary N) is 1. The Morgan fingerprint density at radius 1 is 1.11 bits per heavy atom. The maximum atomic E-state index is 14.5. The number of ether oxygens (including phenoxy) is 2. The first-order chi connectivity index (χ1) is 17.1. The van der Waals surface area contributed by atoms with Crippen molar-refractivity contribution in [3.63, 3.8) is 0 Å². The van der Waals surface area contributed by atoms with E-state index in [1.54, 1.807) is 6.92 Å². The van der Waals surface area contributed by atoms with Crippen LogP contribution < -0.4 is 19.7 Å². The zero-order valence-electron chi connectivity index (χ0n) is 20.2. The van der Waals surface area contributed by atoms with Crippen molar-refractivity contribution < 1.29 is 27.1 Å². The Kier molecular flexibility index (Phi) is 7.39. The van der Waals surface area contributed by atoms with Gasteiger partial charge in [-0.1, -0.05) is 12.1 Å². The van der Waals surface area contributed by atoms with Gasteiger partial charge in [0.25, 0.3) is 0 Å². The van der Waals surface area contributed by atoms with Gasteiger partial charge in [0.1, 0.15) is 12.4 Å². The minimum absolute atomic E-state index is 0.0959. The van der Waals surface area contributed by atoms with E-state index in [1.807, 2.05) is 24.3 Å². The quantitative estimate of drug-likeness (QED) is 0.501. The lowest BCUT2D eigenvalue weighted by Crippen LogP contribution is -2.38. The summed E-state index contributed by atoms with van der Waals surface area (Å²) in [6, 6.07) is 11.1. The number of para-hydroxylation sites is 2. The topological polar surface area (TPSA) is 111 Å². The largest absolute Gasteiger partial charge is 0.474 e. The number of carbonyl (C=O) groups is 1. The highest BCUT2D eigenvalue weighted by molar-refractivity contribution is 7.90. The van der Waals surface area contributed by atoms with E-state index >= 15 is 0 Å². The van der Waals surface area contributed by atoms with Crippen LogP contribution in [0.4, 0.5) is 15.8 Å². The number of benzene rings is 2. The Morgan fingerprint density at radius 2 is 1.81 bits per heavy atom. The molecule has 1 saturated heterocycles. The Bertz CT molecular complexity index is 1370. The van der Waals surface area contributed by atoms with Gasteiger partial charge in [-0.05, 0) is 37.3 Å². The van der Waals surface area contributed by atoms with Gasteiger partial charge in [-0.15, -0.1) is 0 Å². The molecule has 0 unspecified atom stereocenters. The number of amides is 1. The Labute approximate surface area is 209 Å². The lowest BCUT2D eigenvalue weighted by atomic mass is 10.1. The smallest absolute Gasteiger partial charge is 0.229 e. The van der Waals surface area contributed by atoms with Crippen LogP contribution in [0.2, 0.25) is 0 Å². The summed E-state index contributed by atoms with van der Waals surface area (Å²) in [5.74, 6) is -0.631. The first-order valence-corrected chi connectivity index (χ1v) is 13.3. The number of halogens is 1. The Hall–Kier alpha value is -3.73. The molecule has 0 saturated carbocycles. The minimum atomic E-state index is -3.54. The molecule has 36 heavy (non-hydrogen) atoms. The number of anilines is 2. The molecule has 11 heteroatoms. The molecule has 1 fully saturated rings. The summed E-state index contributed by atoms with van der Waals surface area (Å²) in [7, 11) is -3.54. The Balaban J connectivity index is 1.42. The molecule has 3 aromatic rings. The van der Waals surface area contributed by atoms with Crippen LogP contribution in [0.5, 0.6) is 17.5 Å². The zero-order chi connectivity index (χ0) is 25.9. The molecule has 2 aromatic carbocycles. The summed E-state index contributed by atoms with van der Waals surface area (Å²) in [6.07, 6.45) is 3.65. The number of rotatable bonds is 7. The SMILES string of the molecule is CC(=O)Nc1ccccc1N1CCC(Oc2ncnc(Oc3ccc(S(C)(=O)=O)cc3F)c2C)CC1. The molecular formula is C25H27FN4O5S. The predicted molar refractivity (Wildman–Crippen MR) is 133 cm³/mol. The van der Waals surface area contributed by atoms with Crippen molar-refractivity contribution in [1.29, 1.82) is 0 Å². The molecular weight excluding hydrogens is 487 g/mol. The van der Waals surface area contributed by atoms with Gasteiger partial charge >= 0.3 is 0 Å². The van der Waals surface area contributed by atoms with Crippen molar-refractivity contribution in [3.05, 3.63) is 60.2 Å². The first kappa shape index (κ1) is 25.4. The van der Waals surface area contributed by atoms with E-state index in [0.717, 1.165) is 49.6 Å². The van der Waals surface area contributed by atoms with E-state index in [2.05, 4.69) is 20.2 Å². The molecule has 1 amide bonds. The van der Waals surface area contributed by atoms with Crippen LogP contribution in [0.15, 0.2) is 53.7 Å². The summed E-state index contributed by atoms with van der Waals surface area (Å²) in [4.78, 5) is 21.9. The standard InChI is InChI=1S/C25H27FN4O5S/c1-16-24(27-15-28-25(16)35-23-9-8-19(14-20(23)26)36(3,32)33)34-18-10-12-30(13-11-18)22-7-5-4-6-21(22)29-17(2)31/h4-9,14-15,18H,10-13H2,1-3H3,(H,29,31). The molecule has 1 aliphatic rings. The molecule has 2 heterocycles. The lowest BCUT2D eigenvalue weighted by molar-refractivity contribution is -0.114. The van der Waals surface area contributed by atoms with Crippen LogP contribution in [-0.2, 0) is 14.6 Å². The number of nitrogens with zero attached hydrogens (tertiary/aromatic N) is 3. The van der Waals surface area contributed by atoms with Crippen LogP contribution in [-0.4, -0.2) is 49.7 Å². The van der Waals surface area contributed by atoms with Crippen molar-refractivity contribution in [2.45, 2.75) is 37.7 Å². The molecule has 9 nitrogen and oxygen atoms in total. The molecule has 1 aromatic heterocycles. The molecule has 0 radical (unpaired) electrons. The molecule has 1 N–H and O–H groups in total. The molecule has 0 atom stereocenters. The zero-order valence-corrected chi connectivity index (χ0v) is 21.0. The molecule has 0 bridgehead atoms. The van der Waals surface area contributed by atoms with Gasteiger partial charge in [0, 0.05) is 39.1 Å². The highest BCUT2D eigenvalue weighted by Crippen LogP contribution is 2.33. The predicted octanol–water partition coefficient (Wildman–Crippen LogP) is 4.13. The van der Waals surface area contributed by atoms with Crippen LogP contribution in [0.25, 0.3) is 0 Å². The molecule has 0 aliphatic carbocycles. The highest BCUT2D eigenvalue weighted by Gasteiger charge is 2.24. The van der Waals surface area contributed by atoms with Gasteiger partial charge < -0.3 is 19.7 Å². The van der Waals surface area contributed by atoms with Crippen molar-refractivity contribution in [3.8, 4) is 17.5 Å². The number of sulfone groups is 1. The fourth-order valence-corrected chi connectivity index (χ4v) is 4.59. The summed E-state index contributed by atoms with van der Waals surface area (Å²) in [5.41, 5.74) is 2.24. The van der Waals surface area contributed by atoms with E-state index in [4.69, 9.17) is 9.47 Å². The average Bonchev–Trinajstić information content (AvgIpc) is 2.83. The molecule has 1 aliphatic heterocycles. The van der Waals surface area contributed by atoms with Crippen molar-refractivity contribution in [2.24, 2.45) is 0 Å². The van der Waals surface area contributed by atoms with Crippen molar-refractivity contribution in [1.82, 2.24) is 9.97 Å². The van der Waals surface area contributed by atoms with Crippen LogP contribution in [0.3, 0.4) is 0 Å². The van der Waals surface area contributed by atoms with Crippen molar-refractivity contribution in [2.75, 3.05) is 29.6 Å². The summed E-state index contributed by atoms with van der Waals surface area (Å²) in [5, 5.41) is 2.87. The van der Waals surface area contributed by atoms with Gasteiger partial charge in [-0.25, -0.2) is 22.8 Å². The normalized spacial score (nSPS) is 14.4. The van der Waals surface area contributed by atoms with Crippen molar-refractivity contribution >= 4 is 27.1 Å². The van der Waals surface area contributed by atoms with Gasteiger partial charge in [-0.3, -0.25) is 4.79 Å². The van der Waals surface area contributed by atoms with E-state index in [9.17, 15) is 17.6 Å².